The Balaban J connectivity index is 1.69. The van der Waals surface area contributed by atoms with E-state index in [9.17, 15) is 26.8 Å². The van der Waals surface area contributed by atoms with Crippen LogP contribution in [0.3, 0.4) is 0 Å². The molecule has 2 aromatic rings. The Morgan fingerprint density at radius 3 is 2.40 bits per heavy atom. The number of rotatable bonds is 7. The summed E-state index contributed by atoms with van der Waals surface area (Å²) >= 11 is 11.9. The summed E-state index contributed by atoms with van der Waals surface area (Å²) in [6, 6.07) is 4.57. The number of hydrogen-bond donors (Lipinski definition) is 2. The van der Waals surface area contributed by atoms with Crippen LogP contribution in [-0.2, 0) is 19.6 Å². The van der Waals surface area contributed by atoms with E-state index >= 15 is 0 Å². The average Bonchev–Trinajstić information content (AvgIpc) is 3.46. The molecule has 1 fully saturated rings. The van der Waals surface area contributed by atoms with Gasteiger partial charge in [-0.05, 0) is 37.1 Å². The molecule has 0 radical (unpaired) electrons. The Hall–Kier alpha value is -2.27. The van der Waals surface area contributed by atoms with Crippen molar-refractivity contribution in [2.45, 2.75) is 23.8 Å². The van der Waals surface area contributed by atoms with E-state index < -0.39 is 40.1 Å². The lowest BCUT2D eigenvalue weighted by molar-refractivity contribution is -0.119. The van der Waals surface area contributed by atoms with Crippen molar-refractivity contribution >= 4 is 50.8 Å². The number of carbonyl (C=O) groups excluding carboxylic acids is 2. The van der Waals surface area contributed by atoms with Crippen LogP contribution in [0, 0.1) is 11.6 Å². The van der Waals surface area contributed by atoms with Crippen LogP contribution in [0.5, 0.6) is 0 Å². The number of nitrogens with one attached hydrogen (secondary N) is 2. The third-order valence-electron chi connectivity index (χ3n) is 3.97. The van der Waals surface area contributed by atoms with Gasteiger partial charge in [0.25, 0.3) is 5.91 Å². The van der Waals surface area contributed by atoms with Crippen molar-refractivity contribution in [3.63, 3.8) is 0 Å². The number of sulfonamides is 1. The number of anilines is 1. The minimum absolute atomic E-state index is 0.0426. The summed E-state index contributed by atoms with van der Waals surface area (Å²) in [6.07, 6.45) is 1.40. The van der Waals surface area contributed by atoms with Crippen molar-refractivity contribution in [2.24, 2.45) is 0 Å². The number of halogens is 4. The van der Waals surface area contributed by atoms with Crippen LogP contribution in [0.25, 0.3) is 0 Å². The lowest BCUT2D eigenvalue weighted by Gasteiger charge is -2.11. The summed E-state index contributed by atoms with van der Waals surface area (Å²) < 4.78 is 58.1. The van der Waals surface area contributed by atoms with Crippen molar-refractivity contribution in [3.8, 4) is 0 Å². The van der Waals surface area contributed by atoms with Gasteiger partial charge in [0.05, 0.1) is 15.6 Å². The predicted molar refractivity (Wildman–Crippen MR) is 105 cm³/mol. The molecule has 0 bridgehead atoms. The molecule has 0 saturated heterocycles. The van der Waals surface area contributed by atoms with Gasteiger partial charge in [-0.2, -0.15) is 0 Å². The summed E-state index contributed by atoms with van der Waals surface area (Å²) in [5.74, 6) is -4.15. The van der Waals surface area contributed by atoms with Crippen molar-refractivity contribution in [1.29, 1.82) is 0 Å². The lowest BCUT2D eigenvalue weighted by atomic mass is 10.2. The van der Waals surface area contributed by atoms with Crippen LogP contribution in [0.4, 0.5) is 14.5 Å². The molecular formula is C18H14Cl2F2N2O5S. The first kappa shape index (κ1) is 22.4. The Morgan fingerprint density at radius 2 is 1.77 bits per heavy atom. The topological polar surface area (TPSA) is 102 Å². The van der Waals surface area contributed by atoms with Crippen LogP contribution in [0.2, 0.25) is 10.0 Å². The molecule has 2 aromatic carbocycles. The second-order valence-corrected chi connectivity index (χ2v) is 8.91. The first-order valence-electron chi connectivity index (χ1n) is 8.50. The highest BCUT2D eigenvalue weighted by Crippen LogP contribution is 2.31. The summed E-state index contributed by atoms with van der Waals surface area (Å²) in [7, 11) is -3.97. The van der Waals surface area contributed by atoms with E-state index in [1.54, 1.807) is 0 Å². The number of esters is 1. The van der Waals surface area contributed by atoms with Gasteiger partial charge in [-0.25, -0.2) is 26.7 Å². The molecule has 12 heteroatoms. The predicted octanol–water partition coefficient (Wildman–Crippen LogP) is 3.51. The van der Waals surface area contributed by atoms with Gasteiger partial charge in [0.2, 0.25) is 10.0 Å². The van der Waals surface area contributed by atoms with Gasteiger partial charge >= 0.3 is 5.97 Å². The van der Waals surface area contributed by atoms with Crippen LogP contribution in [0.15, 0.2) is 35.2 Å². The van der Waals surface area contributed by atoms with Gasteiger partial charge in [-0.1, -0.05) is 23.2 Å². The quantitative estimate of drug-likeness (QED) is 0.592. The fraction of sp³-hybridized carbons (Fsp3) is 0.222. The zero-order valence-electron chi connectivity index (χ0n) is 15.0. The molecule has 2 N–H and O–H groups in total. The van der Waals surface area contributed by atoms with Crippen LogP contribution >= 0.6 is 23.2 Å². The number of amides is 1. The smallest absolute Gasteiger partial charge is 0.340 e. The first-order chi connectivity index (χ1) is 14.1. The van der Waals surface area contributed by atoms with Gasteiger partial charge in [0.1, 0.15) is 4.90 Å². The fourth-order valence-electron chi connectivity index (χ4n) is 2.36. The Kier molecular flexibility index (Phi) is 6.61. The minimum Gasteiger partial charge on any atom is -0.452 e. The molecule has 0 heterocycles. The maximum Gasteiger partial charge on any atom is 0.340 e. The van der Waals surface area contributed by atoms with Crippen molar-refractivity contribution in [1.82, 2.24) is 4.72 Å². The molecule has 3 rings (SSSR count). The molecular weight excluding hydrogens is 465 g/mol. The molecule has 0 atom stereocenters. The zero-order valence-corrected chi connectivity index (χ0v) is 17.4. The Labute approximate surface area is 180 Å². The maximum atomic E-state index is 13.2. The largest absolute Gasteiger partial charge is 0.452 e. The van der Waals surface area contributed by atoms with E-state index in [1.165, 1.54) is 0 Å². The molecule has 0 unspecified atom stereocenters. The highest BCUT2D eigenvalue weighted by molar-refractivity contribution is 7.89. The first-order valence-corrected chi connectivity index (χ1v) is 10.7. The third kappa shape index (κ3) is 5.45. The Morgan fingerprint density at radius 1 is 1.07 bits per heavy atom. The molecule has 160 valence electrons. The minimum atomic E-state index is -3.97. The lowest BCUT2D eigenvalue weighted by Crippen LogP contribution is -2.26. The molecule has 1 amide bonds. The van der Waals surface area contributed by atoms with E-state index in [2.05, 4.69) is 10.0 Å². The summed E-state index contributed by atoms with van der Waals surface area (Å²) in [4.78, 5) is 23.8. The third-order valence-corrected chi connectivity index (χ3v) is 6.27. The van der Waals surface area contributed by atoms with E-state index in [0.717, 1.165) is 30.3 Å². The van der Waals surface area contributed by atoms with Gasteiger partial charge in [-0.3, -0.25) is 4.79 Å². The number of hydrogen-bond acceptors (Lipinski definition) is 5. The summed E-state index contributed by atoms with van der Waals surface area (Å²) in [6.45, 7) is -0.779. The molecule has 1 aliphatic rings. The highest BCUT2D eigenvalue weighted by atomic mass is 35.5. The zero-order chi connectivity index (χ0) is 22.1. The molecule has 30 heavy (non-hydrogen) atoms. The van der Waals surface area contributed by atoms with Gasteiger partial charge in [0, 0.05) is 17.8 Å². The second-order valence-electron chi connectivity index (χ2n) is 6.41. The highest BCUT2D eigenvalue weighted by Gasteiger charge is 2.30. The molecule has 1 saturated carbocycles. The average molecular weight is 479 g/mol. The molecule has 7 nitrogen and oxygen atoms in total. The van der Waals surface area contributed by atoms with E-state index in [0.29, 0.717) is 12.8 Å². The number of benzene rings is 2. The molecule has 0 aromatic heterocycles. The standard InChI is InChI=1S/C18H14Cl2F2N2O5S/c19-12-7-13(20)16(30(27,28)24-9-1-2-9)6-11(12)18(26)29-8-17(25)23-10-3-4-14(21)15(22)5-10/h3-7,9,24H,1-2,8H2,(H,23,25). The Bertz CT molecular complexity index is 1120. The van der Waals surface area contributed by atoms with Gasteiger partial charge < -0.3 is 10.1 Å². The van der Waals surface area contributed by atoms with Crippen LogP contribution in [0.1, 0.15) is 23.2 Å². The summed E-state index contributed by atoms with van der Waals surface area (Å²) in [5.41, 5.74) is -0.350. The van der Waals surface area contributed by atoms with Gasteiger partial charge in [0.15, 0.2) is 18.2 Å². The van der Waals surface area contributed by atoms with Crippen LogP contribution in [-0.4, -0.2) is 32.9 Å². The van der Waals surface area contributed by atoms with Gasteiger partial charge in [-0.15, -0.1) is 0 Å². The molecule has 1 aliphatic carbocycles. The van der Waals surface area contributed by atoms with Crippen molar-refractivity contribution in [2.75, 3.05) is 11.9 Å². The fourth-order valence-corrected chi connectivity index (χ4v) is 4.51. The van der Waals surface area contributed by atoms with E-state index in [1.807, 2.05) is 0 Å². The number of carbonyl (C=O) groups is 2. The molecule has 0 aliphatic heterocycles. The second kappa shape index (κ2) is 8.84. The summed E-state index contributed by atoms with van der Waals surface area (Å²) in [5, 5.41) is 1.87. The van der Waals surface area contributed by atoms with E-state index in [4.69, 9.17) is 27.9 Å². The van der Waals surface area contributed by atoms with Crippen molar-refractivity contribution < 1.29 is 31.5 Å². The number of ether oxygens (including phenoxy) is 1. The maximum absolute atomic E-state index is 13.2. The van der Waals surface area contributed by atoms with E-state index in [-0.39, 0.29) is 32.2 Å². The SMILES string of the molecule is O=C(COC(=O)c1cc(S(=O)(=O)NC2CC2)c(Cl)cc1Cl)Nc1ccc(F)c(F)c1. The monoisotopic (exact) mass is 478 g/mol. The normalized spacial score (nSPS) is 13.7. The van der Waals surface area contributed by atoms with Crippen LogP contribution < -0.4 is 10.0 Å². The molecule has 0 spiro atoms. The van der Waals surface area contributed by atoms with Crippen molar-refractivity contribution in [3.05, 3.63) is 57.6 Å².